The van der Waals surface area contributed by atoms with E-state index in [0.29, 0.717) is 73.8 Å². The lowest BCUT2D eigenvalue weighted by Crippen LogP contribution is -2.39. The van der Waals surface area contributed by atoms with Gasteiger partial charge in [0, 0.05) is 44.5 Å². The number of benzene rings is 1. The van der Waals surface area contributed by atoms with Crippen molar-refractivity contribution in [2.24, 2.45) is 0 Å². The molecule has 1 fully saturated rings. The molecule has 0 radical (unpaired) electrons. The Hall–Kier alpha value is -3.50. The van der Waals surface area contributed by atoms with Crippen LogP contribution >= 0.6 is 0 Å². The summed E-state index contributed by atoms with van der Waals surface area (Å²) < 4.78 is 66.0. The minimum atomic E-state index is -4.72. The lowest BCUT2D eigenvalue weighted by Gasteiger charge is -2.33. The molecule has 1 aromatic carbocycles. The highest BCUT2D eigenvalue weighted by molar-refractivity contribution is 5.53. The van der Waals surface area contributed by atoms with Crippen LogP contribution in [0.4, 0.5) is 19.0 Å². The Bertz CT molecular complexity index is 1320. The minimum Gasteiger partial charge on any atom is -0.490 e. The van der Waals surface area contributed by atoms with Gasteiger partial charge in [0.05, 0.1) is 14.6 Å². The van der Waals surface area contributed by atoms with Gasteiger partial charge >= 0.3 is 6.18 Å². The van der Waals surface area contributed by atoms with E-state index < -0.39 is 23.5 Å². The molecule has 0 unspecified atom stereocenters. The van der Waals surface area contributed by atoms with Gasteiger partial charge in [-0.25, -0.2) is 4.98 Å². The first-order valence-electron chi connectivity index (χ1n) is 11.4. The van der Waals surface area contributed by atoms with Crippen molar-refractivity contribution < 1.29 is 28.8 Å². The monoisotopic (exact) mass is 477 g/mol. The van der Waals surface area contributed by atoms with Gasteiger partial charge in [0.1, 0.15) is 11.8 Å². The second-order valence-electron chi connectivity index (χ2n) is 8.19. The van der Waals surface area contributed by atoms with Crippen LogP contribution < -0.4 is 24.7 Å². The predicted molar refractivity (Wildman–Crippen MR) is 117 cm³/mol. The summed E-state index contributed by atoms with van der Waals surface area (Å²) in [6.07, 6.45) is -4.42. The maximum atomic E-state index is 13.0. The number of hydrogen-bond donors (Lipinski definition) is 0. The van der Waals surface area contributed by atoms with Gasteiger partial charge in [-0.05, 0) is 30.7 Å². The van der Waals surface area contributed by atoms with E-state index in [-0.39, 0.29) is 5.65 Å². The van der Waals surface area contributed by atoms with Crippen LogP contribution in [-0.4, -0.2) is 47.0 Å². The molecule has 0 N–H and O–H groups in total. The van der Waals surface area contributed by atoms with Crippen molar-refractivity contribution in [1.29, 1.82) is 0 Å². The van der Waals surface area contributed by atoms with Crippen LogP contribution in [0.5, 0.6) is 17.2 Å². The van der Waals surface area contributed by atoms with Gasteiger partial charge in [-0.2, -0.15) is 17.7 Å². The average molecular weight is 477 g/mol. The quantitative estimate of drug-likeness (QED) is 0.570. The summed E-state index contributed by atoms with van der Waals surface area (Å²) in [6, 6.07) is 7.10. The summed E-state index contributed by atoms with van der Waals surface area (Å²) in [4.78, 5) is 17.7. The number of anilines is 1. The fraction of sp³-hybridized carbons (Fsp3) is 0.435. The van der Waals surface area contributed by atoms with E-state index in [1.54, 1.807) is 25.1 Å². The summed E-state index contributed by atoms with van der Waals surface area (Å²) in [5, 5.41) is 4.28. The molecule has 0 aliphatic carbocycles. The van der Waals surface area contributed by atoms with Crippen LogP contribution in [0.25, 0.3) is 5.65 Å². The molecule has 5 rings (SSSR count). The van der Waals surface area contributed by atoms with Crippen molar-refractivity contribution in [1.82, 2.24) is 14.6 Å². The molecule has 2 aliphatic rings. The molecule has 0 spiro atoms. The number of aromatic nitrogens is 3. The number of alkyl halides is 3. The highest BCUT2D eigenvalue weighted by Crippen LogP contribution is 2.34. The third-order valence-electron chi connectivity index (χ3n) is 5.71. The molecular weight excluding hydrogens is 453 g/mol. The number of halogens is 3. The van der Waals surface area contributed by atoms with Gasteiger partial charge in [-0.3, -0.25) is 4.79 Å². The smallest absolute Gasteiger partial charge is 0.433 e. The van der Waals surface area contributed by atoms with E-state index >= 15 is 0 Å². The van der Waals surface area contributed by atoms with Crippen molar-refractivity contribution in [3.63, 3.8) is 0 Å². The molecule has 180 valence electrons. The van der Waals surface area contributed by atoms with Crippen LogP contribution in [0, 0.1) is 6.92 Å². The number of rotatable bonds is 3. The molecule has 0 bridgehead atoms. The van der Waals surface area contributed by atoms with Crippen molar-refractivity contribution in [3.05, 3.63) is 51.9 Å². The standard InChI is InChI=1S/C23H23F3N4O4/c1-14-11-20-27-19(23(24,25)26)13-21(31)30(20)28-22(14)29-7-5-15(6-8-29)34-16-3-4-17-18(12-16)33-10-2-9-32-17/h3-4,11-13,15H,2,5-10H2,1H3/i15D. The number of piperidine rings is 1. The molecule has 0 atom stereocenters. The maximum absolute atomic E-state index is 13.0. The van der Waals surface area contributed by atoms with Crippen molar-refractivity contribution in [2.75, 3.05) is 31.2 Å². The Kier molecular flexibility index (Phi) is 5.39. The Balaban J connectivity index is 1.33. The molecule has 2 aromatic heterocycles. The topological polar surface area (TPSA) is 78.2 Å². The van der Waals surface area contributed by atoms with Crippen LogP contribution in [0.2, 0.25) is 0 Å². The molecule has 8 nitrogen and oxygen atoms in total. The third kappa shape index (κ3) is 4.46. The van der Waals surface area contributed by atoms with E-state index in [9.17, 15) is 18.0 Å². The highest BCUT2D eigenvalue weighted by Gasteiger charge is 2.34. The van der Waals surface area contributed by atoms with Crippen molar-refractivity contribution in [3.8, 4) is 17.2 Å². The average Bonchev–Trinajstić information content (AvgIpc) is 3.03. The van der Waals surface area contributed by atoms with Crippen LogP contribution in [0.3, 0.4) is 0 Å². The molecule has 0 amide bonds. The maximum Gasteiger partial charge on any atom is 0.433 e. The third-order valence-corrected chi connectivity index (χ3v) is 5.71. The molecule has 0 saturated carbocycles. The number of hydrogen-bond acceptors (Lipinski definition) is 7. The Morgan fingerprint density at radius 3 is 2.59 bits per heavy atom. The Morgan fingerprint density at radius 2 is 1.85 bits per heavy atom. The molecule has 2 aliphatic heterocycles. The molecule has 4 heterocycles. The van der Waals surface area contributed by atoms with E-state index in [1.807, 2.05) is 4.90 Å². The molecule has 11 heteroatoms. The van der Waals surface area contributed by atoms with Crippen LogP contribution in [-0.2, 0) is 6.18 Å². The molecular formula is C23H23F3N4O4. The van der Waals surface area contributed by atoms with Gasteiger partial charge in [0.2, 0.25) is 0 Å². The van der Waals surface area contributed by atoms with Gasteiger partial charge < -0.3 is 19.1 Å². The number of ether oxygens (including phenoxy) is 3. The first-order valence-corrected chi connectivity index (χ1v) is 10.9. The van der Waals surface area contributed by atoms with Gasteiger partial charge in [0.15, 0.2) is 28.7 Å². The molecule has 1 saturated heterocycles. The van der Waals surface area contributed by atoms with Crippen LogP contribution in [0.1, 0.15) is 31.9 Å². The van der Waals surface area contributed by atoms with Gasteiger partial charge in [0.25, 0.3) is 5.56 Å². The second kappa shape index (κ2) is 8.69. The minimum absolute atomic E-state index is 0.171. The highest BCUT2D eigenvalue weighted by atomic mass is 19.4. The zero-order valence-electron chi connectivity index (χ0n) is 19.4. The van der Waals surface area contributed by atoms with E-state index in [1.165, 1.54) is 6.07 Å². The summed E-state index contributed by atoms with van der Waals surface area (Å²) >= 11 is 0. The lowest BCUT2D eigenvalue weighted by atomic mass is 10.1. The van der Waals surface area contributed by atoms with E-state index in [0.717, 1.165) is 10.9 Å². The lowest BCUT2D eigenvalue weighted by molar-refractivity contribution is -0.141. The van der Waals surface area contributed by atoms with Gasteiger partial charge in [-0.1, -0.05) is 0 Å². The SMILES string of the molecule is [2H]C1(Oc2ccc3c(c2)OCCCO3)CCN(c2nn3c(=O)cc(C(F)(F)F)nc3cc2C)CC1. The first kappa shape index (κ1) is 21.1. The van der Waals surface area contributed by atoms with Crippen molar-refractivity contribution >= 4 is 11.5 Å². The first-order chi connectivity index (χ1) is 16.6. The van der Waals surface area contributed by atoms with E-state index in [2.05, 4.69) is 10.1 Å². The van der Waals surface area contributed by atoms with Crippen molar-refractivity contribution in [2.45, 2.75) is 38.4 Å². The molecule has 3 aromatic rings. The largest absolute Gasteiger partial charge is 0.490 e. The second-order valence-corrected chi connectivity index (χ2v) is 8.19. The summed E-state index contributed by atoms with van der Waals surface area (Å²) in [6.45, 7) is 3.66. The Labute approximate surface area is 194 Å². The Morgan fingerprint density at radius 1 is 1.12 bits per heavy atom. The zero-order chi connectivity index (χ0) is 24.8. The fourth-order valence-corrected chi connectivity index (χ4v) is 4.02. The normalized spacial score (nSPS) is 18.4. The van der Waals surface area contributed by atoms with E-state index in [4.69, 9.17) is 15.6 Å². The number of fused-ring (bicyclic) bond motifs is 2. The number of nitrogens with zero attached hydrogens (tertiary/aromatic N) is 4. The number of aryl methyl sites for hydroxylation is 1. The summed E-state index contributed by atoms with van der Waals surface area (Å²) in [5.41, 5.74) is -1.75. The zero-order valence-corrected chi connectivity index (χ0v) is 18.4. The van der Waals surface area contributed by atoms with Gasteiger partial charge in [-0.15, -0.1) is 5.10 Å². The predicted octanol–water partition coefficient (Wildman–Crippen LogP) is 3.63. The molecule has 34 heavy (non-hydrogen) atoms. The summed E-state index contributed by atoms with van der Waals surface area (Å²) in [7, 11) is 0. The van der Waals surface area contributed by atoms with Crippen LogP contribution in [0.15, 0.2) is 35.1 Å². The fourth-order valence-electron chi connectivity index (χ4n) is 4.02. The summed E-state index contributed by atoms with van der Waals surface area (Å²) in [5.74, 6) is 2.20.